The number of anilines is 1. The monoisotopic (exact) mass is 717 g/mol. The fourth-order valence-electron chi connectivity index (χ4n) is 5.77. The van der Waals surface area contributed by atoms with E-state index in [1.165, 1.54) is 4.90 Å². The molecular weight excluding hydrogens is 678 g/mol. The maximum atomic E-state index is 14.4. The van der Waals surface area contributed by atoms with Gasteiger partial charge in [0, 0.05) is 23.5 Å². The molecule has 0 saturated heterocycles. The molecule has 0 unspecified atom stereocenters. The third-order valence-corrected chi connectivity index (χ3v) is 9.96. The van der Waals surface area contributed by atoms with Gasteiger partial charge in [0.1, 0.15) is 24.9 Å². The second-order valence-electron chi connectivity index (χ2n) is 11.9. The second-order valence-corrected chi connectivity index (χ2v) is 14.7. The maximum Gasteiger partial charge on any atom is 0.244 e. The standard InChI is InChI=1S/C37H40BrN3O5S/c1-47(44,45)41(33-20-22-34(23-21-33)46-27-30-12-6-3-7-13-30)26-36(42)40(25-29-16-18-31(38)19-17-29)35(24-28-10-4-2-5-11-28)37(43)39-32-14-8-9-15-32/h2-7,10-13,16-23,32,35H,8-9,14-15,24-27H2,1H3,(H,39,43)/t35-/m1/s1. The van der Waals surface area contributed by atoms with Gasteiger partial charge in [0.05, 0.1) is 11.9 Å². The van der Waals surface area contributed by atoms with Crippen LogP contribution in [0.15, 0.2) is 114 Å². The quantitative estimate of drug-likeness (QED) is 0.161. The average Bonchev–Trinajstić information content (AvgIpc) is 3.59. The molecule has 4 aromatic carbocycles. The van der Waals surface area contributed by atoms with E-state index in [9.17, 15) is 18.0 Å². The molecule has 246 valence electrons. The highest BCUT2D eigenvalue weighted by Gasteiger charge is 2.34. The first-order chi connectivity index (χ1) is 22.7. The van der Waals surface area contributed by atoms with Crippen LogP contribution >= 0.6 is 15.9 Å². The molecule has 1 atom stereocenters. The lowest BCUT2D eigenvalue weighted by molar-refractivity contribution is -0.140. The number of nitrogens with zero attached hydrogens (tertiary/aromatic N) is 2. The van der Waals surface area contributed by atoms with Crippen molar-refractivity contribution in [3.8, 4) is 5.75 Å². The zero-order valence-corrected chi connectivity index (χ0v) is 28.8. The van der Waals surface area contributed by atoms with E-state index in [2.05, 4.69) is 21.2 Å². The minimum absolute atomic E-state index is 0.0561. The van der Waals surface area contributed by atoms with Crippen LogP contribution in [0.1, 0.15) is 42.4 Å². The fraction of sp³-hybridized carbons (Fsp3) is 0.297. The number of carbonyl (C=O) groups excluding carboxylic acids is 2. The van der Waals surface area contributed by atoms with Gasteiger partial charge in [-0.15, -0.1) is 0 Å². The van der Waals surface area contributed by atoms with Crippen molar-refractivity contribution in [2.45, 2.75) is 57.3 Å². The maximum absolute atomic E-state index is 14.4. The molecule has 0 bridgehead atoms. The van der Waals surface area contributed by atoms with Crippen molar-refractivity contribution < 1.29 is 22.7 Å². The third-order valence-electron chi connectivity index (χ3n) is 8.29. The van der Waals surface area contributed by atoms with Crippen LogP contribution in [0.4, 0.5) is 5.69 Å². The van der Waals surface area contributed by atoms with E-state index in [1.54, 1.807) is 24.3 Å². The SMILES string of the molecule is CS(=O)(=O)N(CC(=O)N(Cc1ccc(Br)cc1)[C@H](Cc1ccccc1)C(=O)NC1CCCC1)c1ccc(OCc2ccccc2)cc1. The molecule has 1 fully saturated rings. The molecule has 1 aliphatic rings. The molecule has 4 aromatic rings. The Balaban J connectivity index is 1.42. The van der Waals surface area contributed by atoms with Crippen LogP contribution in [0.25, 0.3) is 0 Å². The van der Waals surface area contributed by atoms with Crippen LogP contribution in [0.2, 0.25) is 0 Å². The number of halogens is 1. The van der Waals surface area contributed by atoms with Gasteiger partial charge in [-0.2, -0.15) is 0 Å². The van der Waals surface area contributed by atoms with E-state index in [-0.39, 0.29) is 24.9 Å². The highest BCUT2D eigenvalue weighted by atomic mass is 79.9. The summed E-state index contributed by atoms with van der Waals surface area (Å²) >= 11 is 3.47. The number of ether oxygens (including phenoxy) is 1. The smallest absolute Gasteiger partial charge is 0.244 e. The van der Waals surface area contributed by atoms with Crippen LogP contribution < -0.4 is 14.4 Å². The summed E-state index contributed by atoms with van der Waals surface area (Å²) < 4.78 is 34.1. The van der Waals surface area contributed by atoms with Crippen molar-refractivity contribution >= 4 is 43.5 Å². The molecule has 10 heteroatoms. The number of hydrogen-bond donors (Lipinski definition) is 1. The van der Waals surface area contributed by atoms with Crippen LogP contribution in [0, 0.1) is 0 Å². The largest absolute Gasteiger partial charge is 0.489 e. The van der Waals surface area contributed by atoms with E-state index in [0.717, 1.165) is 57.4 Å². The highest BCUT2D eigenvalue weighted by Crippen LogP contribution is 2.25. The van der Waals surface area contributed by atoms with E-state index >= 15 is 0 Å². The minimum atomic E-state index is -3.88. The molecule has 1 saturated carbocycles. The van der Waals surface area contributed by atoms with Crippen molar-refractivity contribution in [1.82, 2.24) is 10.2 Å². The Morgan fingerprint density at radius 2 is 1.43 bits per heavy atom. The predicted octanol–water partition coefficient (Wildman–Crippen LogP) is 6.49. The first-order valence-corrected chi connectivity index (χ1v) is 18.4. The van der Waals surface area contributed by atoms with Crippen LogP contribution in [0.3, 0.4) is 0 Å². The van der Waals surface area contributed by atoms with Gasteiger partial charge in [0.2, 0.25) is 21.8 Å². The Hall–Kier alpha value is -4.15. The molecule has 0 aromatic heterocycles. The van der Waals surface area contributed by atoms with Crippen molar-refractivity contribution in [3.05, 3.63) is 130 Å². The number of nitrogens with one attached hydrogen (secondary N) is 1. The number of carbonyl (C=O) groups is 2. The summed E-state index contributed by atoms with van der Waals surface area (Å²) in [5.74, 6) is -0.150. The van der Waals surface area contributed by atoms with E-state index in [1.807, 2.05) is 84.9 Å². The number of hydrogen-bond acceptors (Lipinski definition) is 5. The molecule has 8 nitrogen and oxygen atoms in total. The number of sulfonamides is 1. The normalized spacial score (nSPS) is 13.9. The van der Waals surface area contributed by atoms with Gasteiger partial charge in [-0.25, -0.2) is 8.42 Å². The van der Waals surface area contributed by atoms with Gasteiger partial charge < -0.3 is 15.0 Å². The summed E-state index contributed by atoms with van der Waals surface area (Å²) in [6, 6.07) is 32.7. The molecule has 0 spiro atoms. The number of rotatable bonds is 14. The lowest BCUT2D eigenvalue weighted by Crippen LogP contribution is -2.54. The predicted molar refractivity (Wildman–Crippen MR) is 188 cm³/mol. The Kier molecular flexibility index (Phi) is 11.7. The number of benzene rings is 4. The lowest BCUT2D eigenvalue weighted by Gasteiger charge is -2.34. The molecule has 0 aliphatic heterocycles. The molecule has 0 heterocycles. The van der Waals surface area contributed by atoms with E-state index in [0.29, 0.717) is 18.0 Å². The number of amides is 2. The fourth-order valence-corrected chi connectivity index (χ4v) is 6.89. The molecule has 5 rings (SSSR count). The highest BCUT2D eigenvalue weighted by molar-refractivity contribution is 9.10. The molecular formula is C37H40BrN3O5S. The lowest BCUT2D eigenvalue weighted by atomic mass is 10.0. The van der Waals surface area contributed by atoms with Crippen LogP contribution in [-0.4, -0.2) is 50.0 Å². The van der Waals surface area contributed by atoms with Crippen molar-refractivity contribution in [3.63, 3.8) is 0 Å². The summed E-state index contributed by atoms with van der Waals surface area (Å²) in [6.45, 7) is 0.0261. The first-order valence-electron chi connectivity index (χ1n) is 15.8. The van der Waals surface area contributed by atoms with Crippen LogP contribution in [-0.2, 0) is 39.2 Å². The zero-order valence-electron chi connectivity index (χ0n) is 26.4. The molecule has 47 heavy (non-hydrogen) atoms. The van der Waals surface area contributed by atoms with Gasteiger partial charge in [0.25, 0.3) is 0 Å². The Bertz CT molecular complexity index is 1710. The third kappa shape index (κ3) is 9.92. The summed E-state index contributed by atoms with van der Waals surface area (Å²) in [5.41, 5.74) is 3.05. The average molecular weight is 719 g/mol. The summed E-state index contributed by atoms with van der Waals surface area (Å²) in [7, 11) is -3.88. The molecule has 0 radical (unpaired) electrons. The zero-order chi connectivity index (χ0) is 33.2. The summed E-state index contributed by atoms with van der Waals surface area (Å²) in [5, 5.41) is 3.19. The molecule has 2 amide bonds. The molecule has 1 N–H and O–H groups in total. The van der Waals surface area contributed by atoms with Gasteiger partial charge in [-0.3, -0.25) is 13.9 Å². The van der Waals surface area contributed by atoms with Gasteiger partial charge >= 0.3 is 0 Å². The van der Waals surface area contributed by atoms with Crippen LogP contribution in [0.5, 0.6) is 5.75 Å². The van der Waals surface area contributed by atoms with E-state index < -0.39 is 28.5 Å². The van der Waals surface area contributed by atoms with Crippen molar-refractivity contribution in [2.24, 2.45) is 0 Å². The topological polar surface area (TPSA) is 96.0 Å². The Morgan fingerprint density at radius 1 is 0.830 bits per heavy atom. The van der Waals surface area contributed by atoms with Crippen molar-refractivity contribution in [2.75, 3.05) is 17.1 Å². The second kappa shape index (κ2) is 16.1. The Morgan fingerprint density at radius 3 is 2.02 bits per heavy atom. The first kappa shape index (κ1) is 34.2. The Labute approximate surface area is 285 Å². The summed E-state index contributed by atoms with van der Waals surface area (Å²) in [6.07, 6.45) is 5.26. The minimum Gasteiger partial charge on any atom is -0.489 e. The van der Waals surface area contributed by atoms with Gasteiger partial charge in [-0.1, -0.05) is 102 Å². The van der Waals surface area contributed by atoms with Gasteiger partial charge in [0.15, 0.2) is 0 Å². The summed E-state index contributed by atoms with van der Waals surface area (Å²) in [4.78, 5) is 29.9. The van der Waals surface area contributed by atoms with E-state index in [4.69, 9.17) is 4.74 Å². The van der Waals surface area contributed by atoms with Crippen molar-refractivity contribution in [1.29, 1.82) is 0 Å². The molecule has 1 aliphatic carbocycles. The van der Waals surface area contributed by atoms with Gasteiger partial charge in [-0.05, 0) is 65.9 Å².